The summed E-state index contributed by atoms with van der Waals surface area (Å²) in [6, 6.07) is 22.2. The van der Waals surface area contributed by atoms with Crippen molar-refractivity contribution in [1.82, 2.24) is 4.57 Å². The van der Waals surface area contributed by atoms with E-state index in [2.05, 4.69) is 15.5 Å². The third-order valence-corrected chi connectivity index (χ3v) is 6.61. The Morgan fingerprint density at radius 2 is 1.55 bits per heavy atom. The van der Waals surface area contributed by atoms with Gasteiger partial charge in [0.25, 0.3) is 11.8 Å². The van der Waals surface area contributed by atoms with E-state index in [9.17, 15) is 19.1 Å². The summed E-state index contributed by atoms with van der Waals surface area (Å²) < 4.78 is 16.3. The van der Waals surface area contributed by atoms with Crippen LogP contribution in [0.4, 0.5) is 27.1 Å². The van der Waals surface area contributed by atoms with E-state index in [0.29, 0.717) is 22.6 Å². The first kappa shape index (κ1) is 25.0. The Balaban J connectivity index is 1.20. The number of carbonyl (C=O) groups is 2. The maximum Gasteiger partial charge on any atom is 0.265 e. The number of nitrogens with two attached hydrogens (primary N) is 1. The fourth-order valence-electron chi connectivity index (χ4n) is 4.51. The van der Waals surface area contributed by atoms with Crippen molar-refractivity contribution < 1.29 is 19.1 Å². The summed E-state index contributed by atoms with van der Waals surface area (Å²) in [6.07, 6.45) is 2.91. The van der Waals surface area contributed by atoms with Crippen LogP contribution in [0, 0.1) is 5.82 Å². The van der Waals surface area contributed by atoms with Gasteiger partial charge in [-0.25, -0.2) is 4.39 Å². The number of hydrogen-bond donors (Lipinski definition) is 4. The van der Waals surface area contributed by atoms with Crippen LogP contribution in [0.3, 0.4) is 0 Å². The summed E-state index contributed by atoms with van der Waals surface area (Å²) in [5, 5.41) is 15.6. The van der Waals surface area contributed by atoms with Crippen molar-refractivity contribution >= 4 is 34.6 Å². The molecular weight excluding hydrogens is 485 g/mol. The number of nitrogens with zero attached hydrogens (tertiary/aromatic N) is 2. The molecule has 1 aliphatic heterocycles. The number of nitrogens with one attached hydrogen (secondary N) is 2. The molecule has 5 N–H and O–H groups in total. The molecule has 1 aromatic heterocycles. The van der Waals surface area contributed by atoms with Gasteiger partial charge in [0.05, 0.1) is 11.8 Å². The standard InChI is InChI=1S/C29H28FN5O3/c30-25-18-23(35-15-1-2-27(35)28(31)37)11-12-26(25)32-20-5-7-21(8-6-20)33-29(38)19-3-9-22(10-4-19)34-16-13-24(36)14-17-34/h1-12,15,18,24,32,36H,13-14,16-17H2,(H2,31,37)(H,33,38). The smallest absolute Gasteiger partial charge is 0.265 e. The van der Waals surface area contributed by atoms with E-state index in [0.717, 1.165) is 31.6 Å². The summed E-state index contributed by atoms with van der Waals surface area (Å²) in [7, 11) is 0. The fraction of sp³-hybridized carbons (Fsp3) is 0.172. The minimum Gasteiger partial charge on any atom is -0.393 e. The minimum atomic E-state index is -0.596. The summed E-state index contributed by atoms with van der Waals surface area (Å²) in [5.41, 5.74) is 9.21. The van der Waals surface area contributed by atoms with Gasteiger partial charge >= 0.3 is 0 Å². The lowest BCUT2D eigenvalue weighted by atomic mass is 10.1. The number of anilines is 4. The largest absolute Gasteiger partial charge is 0.393 e. The molecule has 194 valence electrons. The highest BCUT2D eigenvalue weighted by Crippen LogP contribution is 2.25. The number of benzene rings is 3. The number of carbonyl (C=O) groups excluding carboxylic acids is 2. The zero-order valence-electron chi connectivity index (χ0n) is 20.6. The molecule has 0 aliphatic carbocycles. The molecule has 1 fully saturated rings. The van der Waals surface area contributed by atoms with Crippen molar-refractivity contribution in [1.29, 1.82) is 0 Å². The van der Waals surface area contributed by atoms with E-state index < -0.39 is 11.7 Å². The zero-order valence-corrected chi connectivity index (χ0v) is 20.6. The maximum atomic E-state index is 14.8. The molecule has 0 atom stereocenters. The number of aliphatic hydroxyl groups is 1. The molecule has 4 aromatic rings. The van der Waals surface area contributed by atoms with Gasteiger partial charge in [-0.1, -0.05) is 0 Å². The minimum absolute atomic E-state index is 0.228. The van der Waals surface area contributed by atoms with E-state index in [4.69, 9.17) is 5.73 Å². The summed E-state index contributed by atoms with van der Waals surface area (Å²) >= 11 is 0. The van der Waals surface area contributed by atoms with Crippen LogP contribution in [-0.2, 0) is 0 Å². The Labute approximate surface area is 219 Å². The van der Waals surface area contributed by atoms with Gasteiger partial charge in [-0.05, 0) is 85.6 Å². The van der Waals surface area contributed by atoms with Crippen molar-refractivity contribution in [2.24, 2.45) is 5.73 Å². The zero-order chi connectivity index (χ0) is 26.6. The number of aromatic nitrogens is 1. The number of halogens is 1. The number of piperidine rings is 1. The first-order valence-corrected chi connectivity index (χ1v) is 12.4. The predicted octanol–water partition coefficient (Wildman–Crippen LogP) is 4.67. The predicted molar refractivity (Wildman–Crippen MR) is 146 cm³/mol. The molecule has 0 radical (unpaired) electrons. The topological polar surface area (TPSA) is 113 Å². The molecule has 2 heterocycles. The third kappa shape index (κ3) is 5.52. The van der Waals surface area contributed by atoms with Crippen molar-refractivity contribution in [3.8, 4) is 5.69 Å². The Bertz CT molecular complexity index is 1440. The van der Waals surface area contributed by atoms with E-state index in [1.807, 2.05) is 12.1 Å². The van der Waals surface area contributed by atoms with E-state index in [1.54, 1.807) is 66.9 Å². The lowest BCUT2D eigenvalue weighted by molar-refractivity contribution is 0.0991. The molecule has 2 amide bonds. The molecule has 0 bridgehead atoms. The molecule has 38 heavy (non-hydrogen) atoms. The average molecular weight is 514 g/mol. The Hall–Kier alpha value is -4.63. The van der Waals surface area contributed by atoms with Crippen LogP contribution >= 0.6 is 0 Å². The first-order valence-electron chi connectivity index (χ1n) is 12.4. The molecule has 5 rings (SSSR count). The molecule has 0 saturated carbocycles. The van der Waals surface area contributed by atoms with Gasteiger partial charge in [0.2, 0.25) is 0 Å². The molecule has 9 heteroatoms. The Kier molecular flexibility index (Phi) is 7.10. The van der Waals surface area contributed by atoms with Gasteiger partial charge in [0, 0.05) is 53.7 Å². The summed E-state index contributed by atoms with van der Waals surface area (Å²) in [6.45, 7) is 1.59. The third-order valence-electron chi connectivity index (χ3n) is 6.61. The van der Waals surface area contributed by atoms with Crippen LogP contribution in [0.5, 0.6) is 0 Å². The number of aliphatic hydroxyl groups excluding tert-OH is 1. The molecule has 1 saturated heterocycles. The van der Waals surface area contributed by atoms with Gasteiger partial charge in [-0.2, -0.15) is 0 Å². The van der Waals surface area contributed by atoms with Crippen molar-refractivity contribution in [2.45, 2.75) is 18.9 Å². The van der Waals surface area contributed by atoms with Crippen molar-refractivity contribution in [3.05, 3.63) is 102 Å². The summed E-state index contributed by atoms with van der Waals surface area (Å²) in [5.74, 6) is -1.32. The van der Waals surface area contributed by atoms with Gasteiger partial charge in [0.1, 0.15) is 11.5 Å². The van der Waals surface area contributed by atoms with Gasteiger partial charge in [-0.3, -0.25) is 9.59 Å². The van der Waals surface area contributed by atoms with Gasteiger partial charge < -0.3 is 30.9 Å². The van der Waals surface area contributed by atoms with Crippen molar-refractivity contribution in [2.75, 3.05) is 28.6 Å². The molecule has 0 unspecified atom stereocenters. The van der Waals surface area contributed by atoms with Gasteiger partial charge in [-0.15, -0.1) is 0 Å². The van der Waals surface area contributed by atoms with E-state index >= 15 is 0 Å². The summed E-state index contributed by atoms with van der Waals surface area (Å²) in [4.78, 5) is 26.5. The van der Waals surface area contributed by atoms with Crippen LogP contribution in [0.15, 0.2) is 85.1 Å². The van der Waals surface area contributed by atoms with E-state index in [1.165, 1.54) is 10.6 Å². The second-order valence-electron chi connectivity index (χ2n) is 9.21. The highest BCUT2D eigenvalue weighted by atomic mass is 19.1. The SMILES string of the molecule is NC(=O)c1cccn1-c1ccc(Nc2ccc(NC(=O)c3ccc(N4CCC(O)CC4)cc3)cc2)c(F)c1. The molecule has 3 aromatic carbocycles. The quantitative estimate of drug-likeness (QED) is 0.287. The van der Waals surface area contributed by atoms with Crippen LogP contribution in [-0.4, -0.2) is 40.7 Å². The number of amides is 2. The van der Waals surface area contributed by atoms with E-state index in [-0.39, 0.29) is 23.4 Å². The van der Waals surface area contributed by atoms with Crippen molar-refractivity contribution in [3.63, 3.8) is 0 Å². The van der Waals surface area contributed by atoms with Gasteiger partial charge in [0.15, 0.2) is 0 Å². The first-order chi connectivity index (χ1) is 18.4. The lowest BCUT2D eigenvalue weighted by Crippen LogP contribution is -2.35. The van der Waals surface area contributed by atoms with Crippen LogP contribution in [0.25, 0.3) is 5.69 Å². The second-order valence-corrected chi connectivity index (χ2v) is 9.21. The molecule has 1 aliphatic rings. The second kappa shape index (κ2) is 10.8. The maximum absolute atomic E-state index is 14.8. The molecular formula is C29H28FN5O3. The molecule has 8 nitrogen and oxygen atoms in total. The molecule has 0 spiro atoms. The normalized spacial score (nSPS) is 13.8. The van der Waals surface area contributed by atoms with Crippen LogP contribution in [0.2, 0.25) is 0 Å². The Morgan fingerprint density at radius 3 is 2.21 bits per heavy atom. The average Bonchev–Trinajstić information content (AvgIpc) is 3.42. The number of rotatable bonds is 7. The van der Waals surface area contributed by atoms with Crippen LogP contribution < -0.4 is 21.3 Å². The fourth-order valence-corrected chi connectivity index (χ4v) is 4.51. The highest BCUT2D eigenvalue weighted by molar-refractivity contribution is 6.04. The lowest BCUT2D eigenvalue weighted by Gasteiger charge is -2.31. The Morgan fingerprint density at radius 1 is 0.895 bits per heavy atom. The number of primary amides is 1. The van der Waals surface area contributed by atoms with Crippen LogP contribution in [0.1, 0.15) is 33.7 Å². The highest BCUT2D eigenvalue weighted by Gasteiger charge is 2.17. The monoisotopic (exact) mass is 513 g/mol. The number of hydrogen-bond acceptors (Lipinski definition) is 5.